The standard InChI is InChI=1S/C22H22F2N4O3/c1-13(20-26-15-7-3-4-8-16(15)28(20)22(23)24)11-25-19(29)12-27-17-9-5-6-10-18(17)31-14(2)21(27)30/h3-10,13-14,22H,11-12H2,1-2H3,(H,25,29). The summed E-state index contributed by atoms with van der Waals surface area (Å²) in [5.41, 5.74) is 1.34. The molecule has 0 bridgehead atoms. The van der Waals surface area contributed by atoms with Gasteiger partial charge in [0.2, 0.25) is 5.91 Å². The average Bonchev–Trinajstić information content (AvgIpc) is 3.15. The van der Waals surface area contributed by atoms with Crippen LogP contribution in [0.1, 0.15) is 32.1 Å². The smallest absolute Gasteiger partial charge is 0.320 e. The molecular weight excluding hydrogens is 406 g/mol. The number of rotatable bonds is 6. The summed E-state index contributed by atoms with van der Waals surface area (Å²) in [6.07, 6.45) is -0.701. The molecule has 162 valence electrons. The number of aromatic nitrogens is 2. The number of benzene rings is 2. The number of amides is 2. The van der Waals surface area contributed by atoms with E-state index in [1.807, 2.05) is 0 Å². The van der Waals surface area contributed by atoms with Gasteiger partial charge in [-0.15, -0.1) is 0 Å². The Balaban J connectivity index is 1.47. The van der Waals surface area contributed by atoms with Crippen molar-refractivity contribution in [3.63, 3.8) is 0 Å². The van der Waals surface area contributed by atoms with E-state index in [0.29, 0.717) is 22.5 Å². The molecule has 31 heavy (non-hydrogen) atoms. The maximum absolute atomic E-state index is 13.7. The largest absolute Gasteiger partial charge is 0.479 e. The molecule has 0 fully saturated rings. The molecule has 0 saturated carbocycles. The van der Waals surface area contributed by atoms with Gasteiger partial charge in [-0.3, -0.25) is 19.1 Å². The third-order valence-corrected chi connectivity index (χ3v) is 5.24. The second kappa shape index (κ2) is 8.33. The molecule has 2 heterocycles. The van der Waals surface area contributed by atoms with Gasteiger partial charge in [0.1, 0.15) is 18.1 Å². The molecule has 9 heteroatoms. The SMILES string of the molecule is CC1Oc2ccccc2N(CC(=O)NCC(C)c2nc3ccccc3n2C(F)F)C1=O. The molecule has 0 saturated heterocycles. The van der Waals surface area contributed by atoms with Gasteiger partial charge in [0, 0.05) is 12.5 Å². The molecule has 2 atom stereocenters. The average molecular weight is 428 g/mol. The maximum Gasteiger partial charge on any atom is 0.320 e. The van der Waals surface area contributed by atoms with Crippen molar-refractivity contribution in [1.29, 1.82) is 0 Å². The van der Waals surface area contributed by atoms with Crippen LogP contribution in [-0.2, 0) is 9.59 Å². The van der Waals surface area contributed by atoms with Gasteiger partial charge in [-0.25, -0.2) is 4.98 Å². The van der Waals surface area contributed by atoms with Crippen LogP contribution in [0.3, 0.4) is 0 Å². The van der Waals surface area contributed by atoms with Gasteiger partial charge in [0.05, 0.1) is 16.7 Å². The number of alkyl halides is 2. The quantitative estimate of drug-likeness (QED) is 0.652. The summed E-state index contributed by atoms with van der Waals surface area (Å²) < 4.78 is 33.8. The van der Waals surface area contributed by atoms with Crippen molar-refractivity contribution in [2.75, 3.05) is 18.0 Å². The van der Waals surface area contributed by atoms with E-state index in [-0.39, 0.29) is 24.8 Å². The first-order chi connectivity index (χ1) is 14.9. The molecule has 0 aliphatic carbocycles. The number of imidazole rings is 1. The molecule has 2 amide bonds. The lowest BCUT2D eigenvalue weighted by Crippen LogP contribution is -2.49. The van der Waals surface area contributed by atoms with Gasteiger partial charge in [0.15, 0.2) is 6.10 Å². The number of nitrogens with one attached hydrogen (secondary N) is 1. The van der Waals surface area contributed by atoms with Crippen molar-refractivity contribution in [3.8, 4) is 5.75 Å². The number of anilines is 1. The molecule has 0 radical (unpaired) electrons. The summed E-state index contributed by atoms with van der Waals surface area (Å²) in [5.74, 6) is -0.457. The van der Waals surface area contributed by atoms with Crippen LogP contribution < -0.4 is 15.0 Å². The minimum atomic E-state index is -2.75. The third-order valence-electron chi connectivity index (χ3n) is 5.24. The Morgan fingerprint density at radius 1 is 1.19 bits per heavy atom. The first kappa shape index (κ1) is 20.8. The van der Waals surface area contributed by atoms with Crippen LogP contribution in [0.4, 0.5) is 14.5 Å². The predicted molar refractivity (Wildman–Crippen MR) is 111 cm³/mol. The zero-order chi connectivity index (χ0) is 22.1. The molecule has 1 N–H and O–H groups in total. The molecule has 0 spiro atoms. The fraction of sp³-hybridized carbons (Fsp3) is 0.318. The summed E-state index contributed by atoms with van der Waals surface area (Å²) in [4.78, 5) is 30.8. The lowest BCUT2D eigenvalue weighted by atomic mass is 10.1. The Kier molecular flexibility index (Phi) is 5.58. The molecule has 1 aromatic heterocycles. The van der Waals surface area contributed by atoms with Gasteiger partial charge in [0.25, 0.3) is 5.91 Å². The lowest BCUT2D eigenvalue weighted by Gasteiger charge is -2.32. The first-order valence-corrected chi connectivity index (χ1v) is 9.95. The summed E-state index contributed by atoms with van der Waals surface area (Å²) in [7, 11) is 0. The van der Waals surface area contributed by atoms with Crippen LogP contribution in [0.25, 0.3) is 11.0 Å². The van der Waals surface area contributed by atoms with E-state index in [4.69, 9.17) is 4.74 Å². The topological polar surface area (TPSA) is 76.5 Å². The molecule has 1 aliphatic heterocycles. The fourth-order valence-corrected chi connectivity index (χ4v) is 3.70. The number of hydrogen-bond acceptors (Lipinski definition) is 4. The maximum atomic E-state index is 13.7. The van der Waals surface area contributed by atoms with E-state index in [1.54, 1.807) is 62.4 Å². The zero-order valence-corrected chi connectivity index (χ0v) is 17.1. The minimum absolute atomic E-state index is 0.102. The number of nitrogens with zero attached hydrogens (tertiary/aromatic N) is 3. The minimum Gasteiger partial charge on any atom is -0.479 e. The highest BCUT2D eigenvalue weighted by molar-refractivity contribution is 6.03. The van der Waals surface area contributed by atoms with E-state index in [9.17, 15) is 18.4 Å². The van der Waals surface area contributed by atoms with Crippen molar-refractivity contribution in [1.82, 2.24) is 14.9 Å². The summed E-state index contributed by atoms with van der Waals surface area (Å²) >= 11 is 0. The summed E-state index contributed by atoms with van der Waals surface area (Å²) in [5, 5.41) is 2.73. The molecule has 1 aliphatic rings. The number of carbonyl (C=O) groups excluding carboxylic acids is 2. The number of fused-ring (bicyclic) bond motifs is 2. The normalized spacial score (nSPS) is 16.9. The first-order valence-electron chi connectivity index (χ1n) is 9.95. The second-order valence-electron chi connectivity index (χ2n) is 7.46. The van der Waals surface area contributed by atoms with E-state index in [0.717, 1.165) is 4.57 Å². The van der Waals surface area contributed by atoms with Crippen LogP contribution in [0, 0.1) is 0 Å². The van der Waals surface area contributed by atoms with Crippen molar-refractivity contribution < 1.29 is 23.1 Å². The van der Waals surface area contributed by atoms with E-state index >= 15 is 0 Å². The highest BCUT2D eigenvalue weighted by Gasteiger charge is 2.32. The van der Waals surface area contributed by atoms with Gasteiger partial charge in [-0.1, -0.05) is 31.2 Å². The number of hydrogen-bond donors (Lipinski definition) is 1. The number of para-hydroxylation sites is 4. The van der Waals surface area contributed by atoms with Gasteiger partial charge >= 0.3 is 6.55 Å². The molecule has 2 unspecified atom stereocenters. The van der Waals surface area contributed by atoms with Crippen LogP contribution in [0.2, 0.25) is 0 Å². The number of carbonyl (C=O) groups is 2. The predicted octanol–water partition coefficient (Wildman–Crippen LogP) is 3.47. The Labute approximate surface area is 177 Å². The number of ether oxygens (including phenoxy) is 1. The molecule has 3 aromatic rings. The van der Waals surface area contributed by atoms with Crippen molar-refractivity contribution in [2.45, 2.75) is 32.4 Å². The molecular formula is C22H22F2N4O3. The van der Waals surface area contributed by atoms with Gasteiger partial charge in [-0.2, -0.15) is 8.78 Å². The Bertz CT molecular complexity index is 1130. The van der Waals surface area contributed by atoms with Crippen molar-refractivity contribution in [3.05, 3.63) is 54.4 Å². The highest BCUT2D eigenvalue weighted by Crippen LogP contribution is 2.33. The van der Waals surface area contributed by atoms with Gasteiger partial charge < -0.3 is 10.1 Å². The van der Waals surface area contributed by atoms with E-state index < -0.39 is 24.5 Å². The Morgan fingerprint density at radius 2 is 1.90 bits per heavy atom. The number of halogens is 2. The van der Waals surface area contributed by atoms with Crippen molar-refractivity contribution in [2.24, 2.45) is 0 Å². The Hall–Kier alpha value is -3.49. The monoisotopic (exact) mass is 428 g/mol. The van der Waals surface area contributed by atoms with Crippen molar-refractivity contribution >= 4 is 28.5 Å². The highest BCUT2D eigenvalue weighted by atomic mass is 19.3. The van der Waals surface area contributed by atoms with Crippen LogP contribution >= 0.6 is 0 Å². The summed E-state index contributed by atoms with van der Waals surface area (Å²) in [6.45, 7) is 0.508. The van der Waals surface area contributed by atoms with Crippen LogP contribution in [0.15, 0.2) is 48.5 Å². The molecule has 2 aromatic carbocycles. The van der Waals surface area contributed by atoms with E-state index in [1.165, 1.54) is 4.90 Å². The van der Waals surface area contributed by atoms with Crippen LogP contribution in [0.5, 0.6) is 5.75 Å². The van der Waals surface area contributed by atoms with Crippen LogP contribution in [-0.4, -0.2) is 40.6 Å². The lowest BCUT2D eigenvalue weighted by molar-refractivity contribution is -0.128. The molecule has 7 nitrogen and oxygen atoms in total. The zero-order valence-electron chi connectivity index (χ0n) is 17.1. The Morgan fingerprint density at radius 3 is 2.68 bits per heavy atom. The third kappa shape index (κ3) is 3.95. The van der Waals surface area contributed by atoms with Gasteiger partial charge in [-0.05, 0) is 31.2 Å². The fourth-order valence-electron chi connectivity index (χ4n) is 3.70. The second-order valence-corrected chi connectivity index (χ2v) is 7.46. The summed E-state index contributed by atoms with van der Waals surface area (Å²) in [6, 6.07) is 13.7. The molecule has 4 rings (SSSR count). The van der Waals surface area contributed by atoms with E-state index in [2.05, 4.69) is 10.3 Å².